The largest absolute Gasteiger partial charge is 0.350 e. The molecule has 0 aromatic carbocycles. The van der Waals surface area contributed by atoms with Crippen molar-refractivity contribution < 1.29 is 4.79 Å². The number of rotatable bonds is 5. The predicted octanol–water partition coefficient (Wildman–Crippen LogP) is 0.615. The lowest BCUT2D eigenvalue weighted by Gasteiger charge is -2.10. The number of nitrogens with zero attached hydrogens (tertiary/aromatic N) is 1. The van der Waals surface area contributed by atoms with Crippen molar-refractivity contribution >= 4 is 17.2 Å². The topological polar surface area (TPSA) is 54.0 Å². The predicted molar refractivity (Wildman–Crippen MR) is 57.1 cm³/mol. The molecule has 0 saturated carbocycles. The lowest BCUT2D eigenvalue weighted by Crippen LogP contribution is -2.33. The lowest BCUT2D eigenvalue weighted by molar-refractivity contribution is -0.124. The minimum Gasteiger partial charge on any atom is -0.350 e. The van der Waals surface area contributed by atoms with E-state index in [1.54, 1.807) is 5.51 Å². The van der Waals surface area contributed by atoms with E-state index in [-0.39, 0.29) is 11.8 Å². The van der Waals surface area contributed by atoms with E-state index in [1.807, 2.05) is 19.4 Å². The van der Waals surface area contributed by atoms with E-state index in [1.165, 1.54) is 11.3 Å². The van der Waals surface area contributed by atoms with Gasteiger partial charge in [-0.05, 0) is 7.05 Å². The third-order valence-electron chi connectivity index (χ3n) is 1.89. The number of carbonyl (C=O) groups excluding carboxylic acids is 1. The number of thiazole rings is 1. The molecule has 0 radical (unpaired) electrons. The first-order valence-electron chi connectivity index (χ1n) is 4.53. The standard InChI is InChI=1S/C9H15N3OS/c1-7(3-10-2)9(13)11-4-8-5-14-6-12-8/h5-7,10H,3-4H2,1-2H3,(H,11,13). The van der Waals surface area contributed by atoms with Gasteiger partial charge in [-0.15, -0.1) is 11.3 Å². The number of hydrogen-bond acceptors (Lipinski definition) is 4. The van der Waals surface area contributed by atoms with Crippen LogP contribution in [0.25, 0.3) is 0 Å². The Hall–Kier alpha value is -0.940. The highest BCUT2D eigenvalue weighted by Gasteiger charge is 2.10. The van der Waals surface area contributed by atoms with Gasteiger partial charge in [0.15, 0.2) is 0 Å². The second-order valence-corrected chi connectivity index (χ2v) is 3.87. The van der Waals surface area contributed by atoms with E-state index >= 15 is 0 Å². The Bertz CT molecular complexity index is 274. The summed E-state index contributed by atoms with van der Waals surface area (Å²) < 4.78 is 0. The van der Waals surface area contributed by atoms with E-state index < -0.39 is 0 Å². The van der Waals surface area contributed by atoms with Crippen molar-refractivity contribution in [2.45, 2.75) is 13.5 Å². The maximum Gasteiger partial charge on any atom is 0.224 e. The molecule has 1 atom stereocenters. The molecule has 4 nitrogen and oxygen atoms in total. The average Bonchev–Trinajstić information content (AvgIpc) is 2.67. The summed E-state index contributed by atoms with van der Waals surface area (Å²) in [6, 6.07) is 0. The molecule has 2 N–H and O–H groups in total. The highest BCUT2D eigenvalue weighted by molar-refractivity contribution is 7.07. The summed E-state index contributed by atoms with van der Waals surface area (Å²) in [5, 5.41) is 7.74. The van der Waals surface area contributed by atoms with E-state index in [4.69, 9.17) is 0 Å². The van der Waals surface area contributed by atoms with Gasteiger partial charge in [-0.2, -0.15) is 0 Å². The van der Waals surface area contributed by atoms with Crippen LogP contribution in [0, 0.1) is 5.92 Å². The maximum absolute atomic E-state index is 11.5. The zero-order chi connectivity index (χ0) is 10.4. The van der Waals surface area contributed by atoms with Crippen LogP contribution >= 0.6 is 11.3 Å². The molecule has 0 aliphatic rings. The molecule has 1 aromatic heterocycles. The van der Waals surface area contributed by atoms with Gasteiger partial charge in [0.25, 0.3) is 0 Å². The molecular weight excluding hydrogens is 198 g/mol. The SMILES string of the molecule is CNCC(C)C(=O)NCc1cscn1. The van der Waals surface area contributed by atoms with E-state index in [2.05, 4.69) is 15.6 Å². The Kier molecular flexibility index (Phi) is 4.55. The molecule has 5 heteroatoms. The second kappa shape index (κ2) is 5.72. The molecule has 0 spiro atoms. The highest BCUT2D eigenvalue weighted by Crippen LogP contribution is 2.00. The van der Waals surface area contributed by atoms with Crippen molar-refractivity contribution in [3.05, 3.63) is 16.6 Å². The van der Waals surface area contributed by atoms with Gasteiger partial charge >= 0.3 is 0 Å². The fourth-order valence-corrected chi connectivity index (χ4v) is 1.63. The third-order valence-corrected chi connectivity index (χ3v) is 2.52. The molecule has 78 valence electrons. The van der Waals surface area contributed by atoms with Crippen molar-refractivity contribution in [1.82, 2.24) is 15.6 Å². The first kappa shape index (κ1) is 11.1. The number of aromatic nitrogens is 1. The fourth-order valence-electron chi connectivity index (χ4n) is 1.08. The van der Waals surface area contributed by atoms with Crippen molar-refractivity contribution in [2.24, 2.45) is 5.92 Å². The van der Waals surface area contributed by atoms with Gasteiger partial charge in [0.1, 0.15) is 0 Å². The number of hydrogen-bond donors (Lipinski definition) is 2. The van der Waals surface area contributed by atoms with Crippen LogP contribution in [0.1, 0.15) is 12.6 Å². The molecule has 1 aromatic rings. The van der Waals surface area contributed by atoms with Gasteiger partial charge in [0.2, 0.25) is 5.91 Å². The average molecular weight is 213 g/mol. The van der Waals surface area contributed by atoms with Gasteiger partial charge in [-0.3, -0.25) is 4.79 Å². The van der Waals surface area contributed by atoms with Crippen LogP contribution in [0.5, 0.6) is 0 Å². The van der Waals surface area contributed by atoms with E-state index in [0.29, 0.717) is 13.1 Å². The highest BCUT2D eigenvalue weighted by atomic mass is 32.1. The van der Waals surface area contributed by atoms with Crippen LogP contribution in [0.4, 0.5) is 0 Å². The minimum atomic E-state index is -0.00126. The minimum absolute atomic E-state index is 0.00126. The summed E-state index contributed by atoms with van der Waals surface area (Å²) in [6.45, 7) is 3.12. The van der Waals surface area contributed by atoms with Gasteiger partial charge in [0.05, 0.1) is 17.7 Å². The summed E-state index contributed by atoms with van der Waals surface area (Å²) in [6.07, 6.45) is 0. The lowest BCUT2D eigenvalue weighted by atomic mass is 10.1. The second-order valence-electron chi connectivity index (χ2n) is 3.16. The van der Waals surface area contributed by atoms with Crippen molar-refractivity contribution in [3.63, 3.8) is 0 Å². The van der Waals surface area contributed by atoms with Crippen LogP contribution in [-0.4, -0.2) is 24.5 Å². The summed E-state index contributed by atoms with van der Waals surface area (Å²) in [4.78, 5) is 15.5. The molecular formula is C9H15N3OS. The van der Waals surface area contributed by atoms with Crippen LogP contribution in [0.3, 0.4) is 0 Å². The molecule has 0 aliphatic carbocycles. The van der Waals surface area contributed by atoms with Gasteiger partial charge in [-0.1, -0.05) is 6.92 Å². The summed E-state index contributed by atoms with van der Waals surface area (Å²) >= 11 is 1.54. The summed E-state index contributed by atoms with van der Waals surface area (Å²) in [7, 11) is 1.84. The Labute approximate surface area is 87.7 Å². The van der Waals surface area contributed by atoms with Crippen molar-refractivity contribution in [1.29, 1.82) is 0 Å². The Balaban J connectivity index is 2.27. The first-order valence-corrected chi connectivity index (χ1v) is 5.47. The van der Waals surface area contributed by atoms with Gasteiger partial charge in [-0.25, -0.2) is 4.98 Å². The zero-order valence-electron chi connectivity index (χ0n) is 8.41. The van der Waals surface area contributed by atoms with E-state index in [0.717, 1.165) is 5.69 Å². The van der Waals surface area contributed by atoms with E-state index in [9.17, 15) is 4.79 Å². The summed E-state index contributed by atoms with van der Waals surface area (Å²) in [5.41, 5.74) is 2.68. The Morgan fingerprint density at radius 3 is 3.07 bits per heavy atom. The monoisotopic (exact) mass is 213 g/mol. The number of carbonyl (C=O) groups is 1. The Morgan fingerprint density at radius 2 is 2.50 bits per heavy atom. The first-order chi connectivity index (χ1) is 6.74. The molecule has 1 unspecified atom stereocenters. The molecule has 1 heterocycles. The molecule has 0 saturated heterocycles. The molecule has 14 heavy (non-hydrogen) atoms. The van der Waals surface area contributed by atoms with Crippen LogP contribution in [-0.2, 0) is 11.3 Å². The summed E-state index contributed by atoms with van der Waals surface area (Å²) in [5.74, 6) is 0.0611. The normalized spacial score (nSPS) is 12.4. The molecule has 1 rings (SSSR count). The van der Waals surface area contributed by atoms with Gasteiger partial charge < -0.3 is 10.6 Å². The molecule has 0 aliphatic heterocycles. The molecule has 0 bridgehead atoms. The van der Waals surface area contributed by atoms with Gasteiger partial charge in [0, 0.05) is 17.8 Å². The molecule has 0 fully saturated rings. The smallest absolute Gasteiger partial charge is 0.224 e. The zero-order valence-corrected chi connectivity index (χ0v) is 9.23. The van der Waals surface area contributed by atoms with Crippen molar-refractivity contribution in [2.75, 3.05) is 13.6 Å². The molecule has 1 amide bonds. The fraction of sp³-hybridized carbons (Fsp3) is 0.556. The van der Waals surface area contributed by atoms with Crippen molar-refractivity contribution in [3.8, 4) is 0 Å². The quantitative estimate of drug-likeness (QED) is 0.753. The number of nitrogens with one attached hydrogen (secondary N) is 2. The Morgan fingerprint density at radius 1 is 1.71 bits per heavy atom. The third kappa shape index (κ3) is 3.43. The number of amides is 1. The van der Waals surface area contributed by atoms with Crippen LogP contribution < -0.4 is 10.6 Å². The van der Waals surface area contributed by atoms with Crippen LogP contribution in [0.2, 0.25) is 0 Å². The van der Waals surface area contributed by atoms with Crippen LogP contribution in [0.15, 0.2) is 10.9 Å². The maximum atomic E-state index is 11.5.